The molecule has 0 atom stereocenters. The summed E-state index contributed by atoms with van der Waals surface area (Å²) in [5, 5.41) is 2.94. The summed E-state index contributed by atoms with van der Waals surface area (Å²) in [6, 6.07) is 3.93. The van der Waals surface area contributed by atoms with E-state index < -0.39 is 0 Å². The van der Waals surface area contributed by atoms with Crippen LogP contribution in [0.2, 0.25) is 0 Å². The Labute approximate surface area is 199 Å². The van der Waals surface area contributed by atoms with Gasteiger partial charge in [0.25, 0.3) is 5.91 Å². The summed E-state index contributed by atoms with van der Waals surface area (Å²) in [7, 11) is 0. The van der Waals surface area contributed by atoms with Gasteiger partial charge >= 0.3 is 0 Å². The van der Waals surface area contributed by atoms with Crippen molar-refractivity contribution in [2.75, 3.05) is 24.3 Å². The fourth-order valence-corrected chi connectivity index (χ4v) is 4.76. The van der Waals surface area contributed by atoms with Gasteiger partial charge in [-0.25, -0.2) is 15.0 Å². The molecule has 3 aromatic rings. The van der Waals surface area contributed by atoms with Crippen molar-refractivity contribution < 1.29 is 9.53 Å². The quantitative estimate of drug-likeness (QED) is 0.570. The molecule has 0 unspecified atom stereocenters. The highest BCUT2D eigenvalue weighted by Gasteiger charge is 2.26. The van der Waals surface area contributed by atoms with Crippen LogP contribution in [0.15, 0.2) is 48.4 Å². The molecule has 0 radical (unpaired) electrons. The number of carbonyl (C=O) groups is 1. The van der Waals surface area contributed by atoms with Crippen LogP contribution in [0, 0.1) is 0 Å². The molecule has 34 heavy (non-hydrogen) atoms. The molecule has 176 valence electrons. The van der Waals surface area contributed by atoms with Gasteiger partial charge in [0, 0.05) is 43.3 Å². The summed E-state index contributed by atoms with van der Waals surface area (Å²) in [4.78, 5) is 26.5. The Morgan fingerprint density at radius 1 is 1.21 bits per heavy atom. The number of hydrogen-bond donors (Lipinski definition) is 2. The maximum absolute atomic E-state index is 12.8. The lowest BCUT2D eigenvalue weighted by molar-refractivity contribution is -0.113. The van der Waals surface area contributed by atoms with Crippen LogP contribution in [0.4, 0.5) is 11.6 Å². The molecule has 3 N–H and O–H groups in total. The SMILES string of the molecule is CCCc1ccnc(NC(=O)C2=CC=C(c3nc(C4CCOCC4)n4ccnc(N)c34)CC2)c1. The van der Waals surface area contributed by atoms with Crippen LogP contribution in [-0.2, 0) is 16.0 Å². The Morgan fingerprint density at radius 3 is 2.82 bits per heavy atom. The lowest BCUT2D eigenvalue weighted by Crippen LogP contribution is -2.17. The van der Waals surface area contributed by atoms with Crippen LogP contribution in [-0.4, -0.2) is 38.5 Å². The highest BCUT2D eigenvalue weighted by atomic mass is 16.5. The average molecular weight is 459 g/mol. The molecule has 1 saturated heterocycles. The maximum Gasteiger partial charge on any atom is 0.252 e. The third-order valence-electron chi connectivity index (χ3n) is 6.55. The number of hydrogen-bond acceptors (Lipinski definition) is 6. The average Bonchev–Trinajstić information content (AvgIpc) is 3.26. The molecular weight excluding hydrogens is 428 g/mol. The van der Waals surface area contributed by atoms with E-state index in [2.05, 4.69) is 26.6 Å². The molecule has 2 aliphatic rings. The van der Waals surface area contributed by atoms with Gasteiger partial charge in [-0.1, -0.05) is 25.5 Å². The van der Waals surface area contributed by atoms with Crippen molar-refractivity contribution in [3.8, 4) is 0 Å². The topological polar surface area (TPSA) is 107 Å². The van der Waals surface area contributed by atoms with Gasteiger partial charge in [0.05, 0.1) is 5.69 Å². The number of rotatable bonds is 6. The minimum Gasteiger partial charge on any atom is -0.382 e. The Balaban J connectivity index is 1.41. The highest BCUT2D eigenvalue weighted by Crippen LogP contribution is 2.35. The zero-order valence-electron chi connectivity index (χ0n) is 19.5. The number of nitrogen functional groups attached to an aromatic ring is 1. The molecule has 1 aliphatic heterocycles. The van der Waals surface area contributed by atoms with E-state index in [-0.39, 0.29) is 5.91 Å². The fraction of sp³-hybridized carbons (Fsp3) is 0.385. The molecule has 4 heterocycles. The lowest BCUT2D eigenvalue weighted by atomic mass is 9.95. The van der Waals surface area contributed by atoms with Gasteiger partial charge in [0.2, 0.25) is 0 Å². The summed E-state index contributed by atoms with van der Waals surface area (Å²) in [6.07, 6.45) is 14.5. The number of imidazole rings is 1. The number of fused-ring (bicyclic) bond motifs is 1. The van der Waals surface area contributed by atoms with Crippen LogP contribution < -0.4 is 11.1 Å². The van der Waals surface area contributed by atoms with Crippen LogP contribution in [0.25, 0.3) is 11.1 Å². The van der Waals surface area contributed by atoms with Gasteiger partial charge in [0.15, 0.2) is 0 Å². The standard InChI is InChI=1S/C26H30N6O2/c1-2-3-17-8-11-28-21(16-17)30-26(33)20-6-4-18(5-7-20)22-23-24(27)29-12-13-32(23)25(31-22)19-9-14-34-15-10-19/h4,6,8,11-13,16,19H,2-3,5,7,9-10,14-15H2,1H3,(H2,27,29)(H,28,30,33). The van der Waals surface area contributed by atoms with E-state index in [1.807, 2.05) is 30.5 Å². The van der Waals surface area contributed by atoms with Gasteiger partial charge in [-0.05, 0) is 55.4 Å². The molecule has 1 amide bonds. The molecule has 0 aromatic carbocycles. The second kappa shape index (κ2) is 9.77. The van der Waals surface area contributed by atoms with E-state index in [4.69, 9.17) is 15.5 Å². The van der Waals surface area contributed by atoms with E-state index in [1.54, 1.807) is 12.4 Å². The first-order valence-electron chi connectivity index (χ1n) is 12.0. The van der Waals surface area contributed by atoms with Crippen LogP contribution in [0.5, 0.6) is 0 Å². The third kappa shape index (κ3) is 4.46. The van der Waals surface area contributed by atoms with E-state index in [9.17, 15) is 4.79 Å². The molecule has 5 rings (SSSR count). The monoisotopic (exact) mass is 458 g/mol. The Hall–Kier alpha value is -3.52. The second-order valence-corrected chi connectivity index (χ2v) is 8.87. The molecule has 0 spiro atoms. The fourth-order valence-electron chi connectivity index (χ4n) is 4.76. The number of allylic oxidation sites excluding steroid dienone is 3. The van der Waals surface area contributed by atoms with Gasteiger partial charge < -0.3 is 15.8 Å². The number of nitrogens with two attached hydrogens (primary N) is 1. The van der Waals surface area contributed by atoms with Crippen molar-refractivity contribution in [2.45, 2.75) is 51.4 Å². The molecule has 1 aliphatic carbocycles. The molecule has 0 bridgehead atoms. The van der Waals surface area contributed by atoms with Gasteiger partial charge in [0.1, 0.15) is 23.0 Å². The Kier molecular flexibility index (Phi) is 6.40. The van der Waals surface area contributed by atoms with Gasteiger partial charge in [-0.15, -0.1) is 0 Å². The largest absolute Gasteiger partial charge is 0.382 e. The molecule has 8 nitrogen and oxygen atoms in total. The van der Waals surface area contributed by atoms with Crippen molar-refractivity contribution in [3.05, 3.63) is 65.5 Å². The molecule has 0 saturated carbocycles. The Bertz CT molecular complexity index is 1270. The van der Waals surface area contributed by atoms with Crippen molar-refractivity contribution in [2.24, 2.45) is 0 Å². The van der Waals surface area contributed by atoms with Crippen LogP contribution in [0.1, 0.15) is 62.0 Å². The van der Waals surface area contributed by atoms with E-state index in [1.165, 1.54) is 5.56 Å². The Morgan fingerprint density at radius 2 is 2.06 bits per heavy atom. The number of ether oxygens (including phenoxy) is 1. The minimum absolute atomic E-state index is 0.116. The molecule has 8 heteroatoms. The van der Waals surface area contributed by atoms with Crippen molar-refractivity contribution in [1.29, 1.82) is 0 Å². The van der Waals surface area contributed by atoms with Crippen molar-refractivity contribution in [1.82, 2.24) is 19.4 Å². The summed E-state index contributed by atoms with van der Waals surface area (Å²) in [5.41, 5.74) is 11.0. The number of nitrogens with one attached hydrogen (secondary N) is 1. The summed E-state index contributed by atoms with van der Waals surface area (Å²) < 4.78 is 7.62. The van der Waals surface area contributed by atoms with E-state index >= 15 is 0 Å². The zero-order chi connectivity index (χ0) is 23.5. The smallest absolute Gasteiger partial charge is 0.252 e. The first-order chi connectivity index (χ1) is 16.6. The van der Waals surface area contributed by atoms with Crippen molar-refractivity contribution >= 4 is 28.6 Å². The first kappa shape index (κ1) is 22.3. The number of carbonyl (C=O) groups excluding carboxylic acids is 1. The summed E-state index contributed by atoms with van der Waals surface area (Å²) in [6.45, 7) is 3.63. The van der Waals surface area contributed by atoms with E-state index in [0.717, 1.165) is 67.1 Å². The lowest BCUT2D eigenvalue weighted by Gasteiger charge is -2.20. The van der Waals surface area contributed by atoms with Crippen LogP contribution >= 0.6 is 0 Å². The predicted octanol–water partition coefficient (Wildman–Crippen LogP) is 4.30. The minimum atomic E-state index is -0.116. The normalized spacial score (nSPS) is 16.9. The molecule has 1 fully saturated rings. The second-order valence-electron chi connectivity index (χ2n) is 8.87. The maximum atomic E-state index is 12.8. The predicted molar refractivity (Wildman–Crippen MR) is 132 cm³/mol. The molecule has 3 aromatic heterocycles. The number of nitrogens with zero attached hydrogens (tertiary/aromatic N) is 4. The third-order valence-corrected chi connectivity index (χ3v) is 6.55. The van der Waals surface area contributed by atoms with E-state index in [0.29, 0.717) is 30.4 Å². The summed E-state index contributed by atoms with van der Waals surface area (Å²) >= 11 is 0. The van der Waals surface area contributed by atoms with Crippen LogP contribution in [0.3, 0.4) is 0 Å². The van der Waals surface area contributed by atoms with Gasteiger partial charge in [-0.2, -0.15) is 0 Å². The molecular formula is C26H30N6O2. The highest BCUT2D eigenvalue weighted by molar-refractivity contribution is 6.04. The number of aromatic nitrogens is 4. The number of amides is 1. The first-order valence-corrected chi connectivity index (χ1v) is 12.0. The number of aryl methyl sites for hydroxylation is 1. The van der Waals surface area contributed by atoms with Crippen molar-refractivity contribution in [3.63, 3.8) is 0 Å². The zero-order valence-corrected chi connectivity index (χ0v) is 19.5. The number of pyridine rings is 1. The number of anilines is 2. The summed E-state index contributed by atoms with van der Waals surface area (Å²) in [5.74, 6) is 2.28. The van der Waals surface area contributed by atoms with Gasteiger partial charge in [-0.3, -0.25) is 9.20 Å².